The molecule has 13 nitrogen and oxygen atoms in total. The van der Waals surface area contributed by atoms with E-state index in [2.05, 4.69) is 25.4 Å². The van der Waals surface area contributed by atoms with E-state index in [-0.39, 0.29) is 30.2 Å². The molecule has 3 N–H and O–H groups in total. The average molecular weight is 701 g/mol. The van der Waals surface area contributed by atoms with Gasteiger partial charge in [0.25, 0.3) is 0 Å². The molecule has 2 aliphatic rings. The van der Waals surface area contributed by atoms with E-state index in [0.717, 1.165) is 23.9 Å². The first kappa shape index (κ1) is 34.2. The number of aliphatic hydroxyl groups is 3. The Kier molecular flexibility index (Phi) is 10.3. The highest BCUT2D eigenvalue weighted by Gasteiger charge is 2.49. The Morgan fingerprint density at radius 2 is 1.65 bits per heavy atom. The standard InChI is InChI=1S/C29H29F5N6O7S/c1-44-27-24(40-9-19(36-38-40)14-6-16(30)23(32)17(31)7-14)26(43)21(10-41)47-28(27)48-22-12-45-11-20(25(22)42)39-8-18(35-37-39)13-3-2-4-15(5-13)46-29(33)34/h2-9,20-22,24-29,41-43H,10-12H2,1H3. The van der Waals surface area contributed by atoms with Crippen molar-refractivity contribution in [1.29, 1.82) is 0 Å². The van der Waals surface area contributed by atoms with Gasteiger partial charge in [-0.3, -0.25) is 0 Å². The van der Waals surface area contributed by atoms with E-state index in [1.54, 1.807) is 6.07 Å². The average Bonchev–Trinajstić information content (AvgIpc) is 3.76. The van der Waals surface area contributed by atoms with E-state index in [1.807, 2.05) is 0 Å². The summed E-state index contributed by atoms with van der Waals surface area (Å²) in [6.45, 7) is -3.44. The molecule has 8 atom stereocenters. The lowest BCUT2D eigenvalue weighted by Gasteiger charge is -2.45. The summed E-state index contributed by atoms with van der Waals surface area (Å²) >= 11 is 1.12. The van der Waals surface area contributed by atoms with Crippen LogP contribution in [0.25, 0.3) is 22.5 Å². The van der Waals surface area contributed by atoms with Crippen LogP contribution in [0.1, 0.15) is 12.1 Å². The molecule has 2 fully saturated rings. The first-order valence-electron chi connectivity index (χ1n) is 14.5. The fourth-order valence-electron chi connectivity index (χ4n) is 5.66. The molecule has 2 aliphatic heterocycles. The fraction of sp³-hybridized carbons (Fsp3) is 0.448. The summed E-state index contributed by atoms with van der Waals surface area (Å²) in [6, 6.07) is 5.70. The highest BCUT2D eigenvalue weighted by molar-refractivity contribution is 8.00. The van der Waals surface area contributed by atoms with E-state index in [0.29, 0.717) is 11.3 Å². The van der Waals surface area contributed by atoms with Crippen LogP contribution in [-0.4, -0.2) is 114 Å². The molecule has 0 saturated carbocycles. The summed E-state index contributed by atoms with van der Waals surface area (Å²) in [5, 5.41) is 48.2. The molecule has 0 bridgehead atoms. The molecule has 6 rings (SSSR count). The van der Waals surface area contributed by atoms with Crippen LogP contribution in [0.4, 0.5) is 22.0 Å². The molecule has 0 spiro atoms. The molecule has 48 heavy (non-hydrogen) atoms. The molecule has 2 aromatic heterocycles. The molecule has 4 heterocycles. The Morgan fingerprint density at radius 3 is 2.33 bits per heavy atom. The lowest BCUT2D eigenvalue weighted by molar-refractivity contribution is -0.186. The van der Waals surface area contributed by atoms with Crippen molar-refractivity contribution < 1.29 is 56.2 Å². The van der Waals surface area contributed by atoms with Crippen molar-refractivity contribution in [3.8, 4) is 28.3 Å². The molecular weight excluding hydrogens is 671 g/mol. The smallest absolute Gasteiger partial charge is 0.387 e. The molecule has 258 valence electrons. The third kappa shape index (κ3) is 6.89. The zero-order valence-electron chi connectivity index (χ0n) is 24.9. The van der Waals surface area contributed by atoms with Crippen LogP contribution in [0, 0.1) is 17.5 Å². The molecule has 8 unspecified atom stereocenters. The van der Waals surface area contributed by atoms with Crippen LogP contribution in [0.3, 0.4) is 0 Å². The minimum atomic E-state index is -3.00. The quantitative estimate of drug-likeness (QED) is 0.164. The predicted octanol–water partition coefficient (Wildman–Crippen LogP) is 2.59. The second-order valence-corrected chi connectivity index (χ2v) is 12.3. The molecule has 0 aliphatic carbocycles. The minimum absolute atomic E-state index is 0.0227. The lowest BCUT2D eigenvalue weighted by atomic mass is 9.97. The Bertz CT molecular complexity index is 1700. The molecule has 2 aromatic carbocycles. The summed E-state index contributed by atoms with van der Waals surface area (Å²) < 4.78 is 91.3. The molecule has 4 aromatic rings. The van der Waals surface area contributed by atoms with Crippen LogP contribution >= 0.6 is 11.8 Å². The van der Waals surface area contributed by atoms with E-state index in [4.69, 9.17) is 14.2 Å². The summed E-state index contributed by atoms with van der Waals surface area (Å²) in [5.41, 5.74) is -0.240. The summed E-state index contributed by atoms with van der Waals surface area (Å²) in [6.07, 6.45) is -1.72. The summed E-state index contributed by atoms with van der Waals surface area (Å²) in [7, 11) is 1.36. The molecule has 19 heteroatoms. The van der Waals surface area contributed by atoms with Crippen molar-refractivity contribution in [2.75, 3.05) is 26.9 Å². The zero-order valence-corrected chi connectivity index (χ0v) is 25.7. The largest absolute Gasteiger partial charge is 0.435 e. The Labute approximate surface area is 273 Å². The van der Waals surface area contributed by atoms with Gasteiger partial charge in [-0.15, -0.1) is 22.0 Å². The zero-order chi connectivity index (χ0) is 34.1. The van der Waals surface area contributed by atoms with E-state index in [1.165, 1.54) is 47.1 Å². The van der Waals surface area contributed by atoms with Gasteiger partial charge in [-0.2, -0.15) is 8.78 Å². The van der Waals surface area contributed by atoms with Crippen molar-refractivity contribution in [2.45, 2.75) is 53.8 Å². The van der Waals surface area contributed by atoms with Crippen LogP contribution < -0.4 is 4.74 Å². The number of alkyl halides is 2. The van der Waals surface area contributed by atoms with E-state index < -0.39 is 77.9 Å². The maximum Gasteiger partial charge on any atom is 0.387 e. The fourth-order valence-corrected chi connectivity index (χ4v) is 7.15. The van der Waals surface area contributed by atoms with Gasteiger partial charge >= 0.3 is 6.61 Å². The number of aliphatic hydroxyl groups excluding tert-OH is 3. The number of aromatic nitrogens is 6. The normalized spacial score (nSPS) is 27.8. The number of methoxy groups -OCH3 is 1. The van der Waals surface area contributed by atoms with Crippen molar-refractivity contribution in [1.82, 2.24) is 30.0 Å². The van der Waals surface area contributed by atoms with Gasteiger partial charge in [0.15, 0.2) is 17.5 Å². The third-order valence-electron chi connectivity index (χ3n) is 8.05. The lowest BCUT2D eigenvalue weighted by Crippen LogP contribution is -2.56. The van der Waals surface area contributed by atoms with Gasteiger partial charge in [0.1, 0.15) is 53.0 Å². The van der Waals surface area contributed by atoms with Gasteiger partial charge in [-0.1, -0.05) is 22.6 Å². The van der Waals surface area contributed by atoms with Crippen molar-refractivity contribution >= 4 is 11.8 Å². The first-order valence-corrected chi connectivity index (χ1v) is 15.4. The van der Waals surface area contributed by atoms with E-state index in [9.17, 15) is 37.3 Å². The van der Waals surface area contributed by atoms with Crippen LogP contribution in [0.15, 0.2) is 48.8 Å². The van der Waals surface area contributed by atoms with Crippen molar-refractivity contribution in [2.24, 2.45) is 0 Å². The van der Waals surface area contributed by atoms with Crippen LogP contribution in [0.2, 0.25) is 0 Å². The Morgan fingerprint density at radius 1 is 0.958 bits per heavy atom. The minimum Gasteiger partial charge on any atom is -0.435 e. The number of rotatable bonds is 10. The number of nitrogens with zero attached hydrogens (tertiary/aromatic N) is 6. The molecular formula is C29H29F5N6O7S. The van der Waals surface area contributed by atoms with Gasteiger partial charge in [-0.25, -0.2) is 22.5 Å². The summed E-state index contributed by atoms with van der Waals surface area (Å²) in [5.74, 6) is -4.53. The topological polar surface area (TPSA) is 159 Å². The molecule has 0 amide bonds. The van der Waals surface area contributed by atoms with Crippen LogP contribution in [0.5, 0.6) is 5.75 Å². The number of hydrogen-bond acceptors (Lipinski definition) is 12. The van der Waals surface area contributed by atoms with Gasteiger partial charge in [0, 0.05) is 18.2 Å². The molecule has 0 radical (unpaired) electrons. The molecule has 2 saturated heterocycles. The van der Waals surface area contributed by atoms with Crippen molar-refractivity contribution in [3.05, 3.63) is 66.2 Å². The Balaban J connectivity index is 1.21. The van der Waals surface area contributed by atoms with Crippen molar-refractivity contribution in [3.63, 3.8) is 0 Å². The van der Waals surface area contributed by atoms with Gasteiger partial charge in [0.05, 0.1) is 43.6 Å². The van der Waals surface area contributed by atoms with Gasteiger partial charge in [-0.05, 0) is 24.3 Å². The maximum absolute atomic E-state index is 13.9. The predicted molar refractivity (Wildman–Crippen MR) is 156 cm³/mol. The van der Waals surface area contributed by atoms with E-state index >= 15 is 0 Å². The number of hydrogen-bond donors (Lipinski definition) is 3. The van der Waals surface area contributed by atoms with Gasteiger partial charge < -0.3 is 34.3 Å². The van der Waals surface area contributed by atoms with Crippen LogP contribution in [-0.2, 0) is 14.2 Å². The number of thioether (sulfide) groups is 1. The highest BCUT2D eigenvalue weighted by atomic mass is 32.2. The monoisotopic (exact) mass is 700 g/mol. The Hall–Kier alpha value is -3.72. The second kappa shape index (κ2) is 14.4. The highest BCUT2D eigenvalue weighted by Crippen LogP contribution is 2.41. The number of benzene rings is 2. The number of ether oxygens (including phenoxy) is 4. The third-order valence-corrected chi connectivity index (χ3v) is 9.46. The first-order chi connectivity index (χ1) is 23.1. The second-order valence-electron chi connectivity index (χ2n) is 11.0. The maximum atomic E-state index is 13.9. The van der Waals surface area contributed by atoms with Gasteiger partial charge in [0.2, 0.25) is 0 Å². The number of halogens is 5. The SMILES string of the molecule is COC1C(SC2COCC(n3cc(-c4cccc(OC(F)F)c4)nn3)C2O)OC(CO)C(O)C1n1cc(-c2cc(F)c(F)c(F)c2)nn1. The summed E-state index contributed by atoms with van der Waals surface area (Å²) in [4.78, 5) is 0.